The topological polar surface area (TPSA) is 108 Å². The molecule has 7 heteroatoms. The van der Waals surface area contributed by atoms with E-state index in [-0.39, 0.29) is 17.8 Å². The Kier molecular flexibility index (Phi) is 5.07. The lowest BCUT2D eigenvalue weighted by atomic mass is 10.0. The predicted octanol–water partition coefficient (Wildman–Crippen LogP) is 1.40. The average Bonchev–Trinajstić information content (AvgIpc) is 2.67. The lowest BCUT2D eigenvalue weighted by Gasteiger charge is -2.20. The van der Waals surface area contributed by atoms with Crippen LogP contribution in [0.3, 0.4) is 0 Å². The normalized spacial score (nSPS) is 11.8. The van der Waals surface area contributed by atoms with E-state index in [1.165, 1.54) is 0 Å². The first-order valence-electron chi connectivity index (χ1n) is 8.05. The fourth-order valence-corrected chi connectivity index (χ4v) is 2.62. The Morgan fingerprint density at radius 2 is 1.69 bits per heavy atom. The minimum absolute atomic E-state index is 0.0159. The molecule has 2 aromatic carbocycles. The molecule has 0 fully saturated rings. The number of nitrogens with one attached hydrogen (secondary N) is 2. The molecule has 0 aliphatic heterocycles. The van der Waals surface area contributed by atoms with E-state index >= 15 is 0 Å². The highest BCUT2D eigenvalue weighted by Crippen LogP contribution is 2.18. The van der Waals surface area contributed by atoms with Gasteiger partial charge in [-0.2, -0.15) is 0 Å². The summed E-state index contributed by atoms with van der Waals surface area (Å²) in [5.74, 6) is -1.10. The van der Waals surface area contributed by atoms with E-state index < -0.39 is 22.9 Å². The van der Waals surface area contributed by atoms with Gasteiger partial charge in [-0.05, 0) is 17.2 Å². The Morgan fingerprint density at radius 1 is 1.00 bits per heavy atom. The molecule has 1 heterocycles. The maximum atomic E-state index is 11.9. The lowest BCUT2D eigenvalue weighted by molar-refractivity contribution is -0.137. The zero-order valence-corrected chi connectivity index (χ0v) is 13.8. The summed E-state index contributed by atoms with van der Waals surface area (Å²) in [4.78, 5) is 39.2. The van der Waals surface area contributed by atoms with Crippen molar-refractivity contribution in [2.45, 2.75) is 19.0 Å². The Morgan fingerprint density at radius 3 is 2.35 bits per heavy atom. The number of pyridine rings is 1. The van der Waals surface area contributed by atoms with E-state index in [2.05, 4.69) is 15.6 Å². The van der Waals surface area contributed by atoms with Crippen molar-refractivity contribution in [2.24, 2.45) is 0 Å². The van der Waals surface area contributed by atoms with E-state index in [1.54, 1.807) is 30.6 Å². The van der Waals surface area contributed by atoms with Crippen molar-refractivity contribution in [3.05, 3.63) is 86.4 Å². The van der Waals surface area contributed by atoms with Crippen molar-refractivity contribution in [3.63, 3.8) is 0 Å². The molecule has 0 saturated heterocycles. The summed E-state index contributed by atoms with van der Waals surface area (Å²) in [6.07, 6.45) is 3.47. The number of carboxylic acids is 1. The highest BCUT2D eigenvalue weighted by molar-refractivity contribution is 5.82. The van der Waals surface area contributed by atoms with E-state index in [0.29, 0.717) is 6.54 Å². The second-order valence-electron chi connectivity index (χ2n) is 5.85. The molecule has 0 saturated carbocycles. The molecule has 0 aliphatic carbocycles. The van der Waals surface area contributed by atoms with Crippen molar-refractivity contribution in [1.82, 2.24) is 4.98 Å². The van der Waals surface area contributed by atoms with Gasteiger partial charge in [-0.1, -0.05) is 36.4 Å². The Balaban J connectivity index is 1.74. The van der Waals surface area contributed by atoms with Crippen LogP contribution in [0.15, 0.2) is 64.4 Å². The summed E-state index contributed by atoms with van der Waals surface area (Å²) >= 11 is 0. The highest BCUT2D eigenvalue weighted by Gasteiger charge is 2.26. The van der Waals surface area contributed by atoms with Gasteiger partial charge >= 0.3 is 5.97 Å². The number of rotatable bonds is 8. The zero-order valence-electron chi connectivity index (χ0n) is 13.8. The van der Waals surface area contributed by atoms with Crippen LogP contribution in [0.1, 0.15) is 11.1 Å². The number of carboxylic acid groups (broad SMARTS) is 1. The van der Waals surface area contributed by atoms with E-state index in [1.807, 2.05) is 24.3 Å². The van der Waals surface area contributed by atoms with Gasteiger partial charge in [-0.15, -0.1) is 0 Å². The number of carbonyl (C=O) groups is 1. The molecule has 0 amide bonds. The number of hydrogen-bond acceptors (Lipinski definition) is 6. The van der Waals surface area contributed by atoms with Crippen molar-refractivity contribution >= 4 is 17.3 Å². The van der Waals surface area contributed by atoms with Crippen LogP contribution in [0.4, 0.5) is 11.4 Å². The van der Waals surface area contributed by atoms with Crippen molar-refractivity contribution < 1.29 is 9.90 Å². The first-order chi connectivity index (χ1) is 12.6. The molecule has 1 atom stereocenters. The number of benzene rings is 1. The van der Waals surface area contributed by atoms with Crippen LogP contribution < -0.4 is 21.5 Å². The number of nitrogens with zero attached hydrogens (tertiary/aromatic N) is 1. The molecule has 3 N–H and O–H groups in total. The summed E-state index contributed by atoms with van der Waals surface area (Å²) in [7, 11) is 0. The van der Waals surface area contributed by atoms with Crippen molar-refractivity contribution in [2.75, 3.05) is 10.6 Å². The fraction of sp³-hybridized carbons (Fsp3) is 0.158. The largest absolute Gasteiger partial charge is 0.480 e. The second-order valence-corrected chi connectivity index (χ2v) is 5.85. The first-order valence-corrected chi connectivity index (χ1v) is 8.05. The van der Waals surface area contributed by atoms with E-state index in [0.717, 1.165) is 11.1 Å². The van der Waals surface area contributed by atoms with Crippen LogP contribution >= 0.6 is 0 Å². The number of aromatic nitrogens is 1. The summed E-state index contributed by atoms with van der Waals surface area (Å²) in [6.45, 7) is 0.309. The number of aliphatic carboxylic acids is 1. The van der Waals surface area contributed by atoms with Crippen LogP contribution in [0.2, 0.25) is 0 Å². The molecule has 0 radical (unpaired) electrons. The summed E-state index contributed by atoms with van der Waals surface area (Å²) < 4.78 is 0. The van der Waals surface area contributed by atoms with Gasteiger partial charge in [0.2, 0.25) is 0 Å². The van der Waals surface area contributed by atoms with Crippen molar-refractivity contribution in [3.8, 4) is 0 Å². The van der Waals surface area contributed by atoms with E-state index in [4.69, 9.17) is 0 Å². The van der Waals surface area contributed by atoms with Gasteiger partial charge in [0.15, 0.2) is 0 Å². The molecule has 0 spiro atoms. The van der Waals surface area contributed by atoms with Gasteiger partial charge < -0.3 is 15.7 Å². The van der Waals surface area contributed by atoms with Crippen LogP contribution in [0, 0.1) is 0 Å². The molecule has 1 aromatic heterocycles. The zero-order chi connectivity index (χ0) is 18.5. The van der Waals surface area contributed by atoms with Crippen LogP contribution in [0.25, 0.3) is 0 Å². The second kappa shape index (κ2) is 7.60. The molecule has 26 heavy (non-hydrogen) atoms. The number of anilines is 2. The Hall–Kier alpha value is -3.48. The van der Waals surface area contributed by atoms with Crippen molar-refractivity contribution in [1.29, 1.82) is 0 Å². The Bertz CT molecular complexity index is 964. The molecule has 0 aliphatic rings. The molecule has 132 valence electrons. The van der Waals surface area contributed by atoms with Gasteiger partial charge in [0.05, 0.1) is 0 Å². The van der Waals surface area contributed by atoms with Gasteiger partial charge in [-0.25, -0.2) is 4.79 Å². The molecule has 1 unspecified atom stereocenters. The third-order valence-electron chi connectivity index (χ3n) is 4.00. The third-order valence-corrected chi connectivity index (χ3v) is 4.00. The van der Waals surface area contributed by atoms with Gasteiger partial charge in [0.25, 0.3) is 10.9 Å². The SMILES string of the molecule is O=C(O)C(Cc1ccccc1)Nc1c(NCc2cccnc2)c(=O)c1=O. The summed E-state index contributed by atoms with van der Waals surface area (Å²) in [6, 6.07) is 11.7. The monoisotopic (exact) mass is 351 g/mol. The molecular formula is C19H17N3O4. The molecule has 7 nitrogen and oxygen atoms in total. The minimum Gasteiger partial charge on any atom is -0.480 e. The molecular weight excluding hydrogens is 334 g/mol. The predicted molar refractivity (Wildman–Crippen MR) is 98.1 cm³/mol. The standard InChI is InChI=1S/C19H17N3O4/c23-17-15(21-11-13-7-4-8-20-10-13)16(18(17)24)22-14(19(25)26)9-12-5-2-1-3-6-12/h1-8,10,14,21-22H,9,11H2,(H,25,26). The summed E-state index contributed by atoms with van der Waals surface area (Å²) in [5, 5.41) is 15.0. The van der Waals surface area contributed by atoms with E-state index in [9.17, 15) is 19.5 Å². The lowest BCUT2D eigenvalue weighted by Crippen LogP contribution is -2.42. The highest BCUT2D eigenvalue weighted by atomic mass is 16.4. The number of hydrogen-bond donors (Lipinski definition) is 3. The minimum atomic E-state index is -1.10. The van der Waals surface area contributed by atoms with Gasteiger partial charge in [-0.3, -0.25) is 14.6 Å². The first kappa shape index (κ1) is 17.3. The Labute approximate surface area is 149 Å². The quantitative estimate of drug-likeness (QED) is 0.526. The molecule has 0 bridgehead atoms. The summed E-state index contributed by atoms with van der Waals surface area (Å²) in [5.41, 5.74) is 0.417. The maximum absolute atomic E-state index is 11.9. The van der Waals surface area contributed by atoms with Crippen LogP contribution in [0.5, 0.6) is 0 Å². The van der Waals surface area contributed by atoms with Crippen LogP contribution in [-0.2, 0) is 17.8 Å². The van der Waals surface area contributed by atoms with Gasteiger partial charge in [0.1, 0.15) is 17.4 Å². The average molecular weight is 351 g/mol. The van der Waals surface area contributed by atoms with Gasteiger partial charge in [0, 0.05) is 25.4 Å². The molecule has 3 rings (SSSR count). The maximum Gasteiger partial charge on any atom is 0.326 e. The van der Waals surface area contributed by atoms with Crippen LogP contribution in [-0.4, -0.2) is 22.1 Å². The smallest absolute Gasteiger partial charge is 0.326 e. The fourth-order valence-electron chi connectivity index (χ4n) is 2.62. The third kappa shape index (κ3) is 3.77. The molecule has 3 aromatic rings.